The van der Waals surface area contributed by atoms with Crippen molar-refractivity contribution < 1.29 is 4.92 Å². The van der Waals surface area contributed by atoms with Crippen molar-refractivity contribution in [1.82, 2.24) is 4.98 Å². The molecule has 2 aromatic rings. The van der Waals surface area contributed by atoms with E-state index in [4.69, 9.17) is 0 Å². The Hall–Kier alpha value is -1.75. The number of thiazole rings is 1. The Bertz CT molecular complexity index is 563. The van der Waals surface area contributed by atoms with Crippen LogP contribution in [0.15, 0.2) is 23.6 Å². The first-order valence-corrected chi connectivity index (χ1v) is 6.19. The van der Waals surface area contributed by atoms with E-state index < -0.39 is 0 Å². The van der Waals surface area contributed by atoms with Crippen LogP contribution in [0.1, 0.15) is 17.5 Å². The Morgan fingerprint density at radius 2 is 2.24 bits per heavy atom. The fourth-order valence-corrected chi connectivity index (χ4v) is 2.33. The van der Waals surface area contributed by atoms with Crippen molar-refractivity contribution in [1.29, 1.82) is 0 Å². The zero-order valence-corrected chi connectivity index (χ0v) is 10.5. The van der Waals surface area contributed by atoms with E-state index in [1.165, 1.54) is 0 Å². The number of nitro groups is 1. The van der Waals surface area contributed by atoms with Crippen molar-refractivity contribution >= 4 is 17.0 Å². The summed E-state index contributed by atoms with van der Waals surface area (Å²) in [5, 5.41) is 13.8. The molecule has 4 nitrogen and oxygen atoms in total. The third-order valence-corrected chi connectivity index (χ3v) is 3.55. The fourth-order valence-electron chi connectivity index (χ4n) is 1.57. The lowest BCUT2D eigenvalue weighted by Gasteiger charge is -2.00. The second-order valence-corrected chi connectivity index (χ2v) is 4.68. The summed E-state index contributed by atoms with van der Waals surface area (Å²) in [6.07, 6.45) is 0.888. The molecule has 0 fully saturated rings. The quantitative estimate of drug-likeness (QED) is 0.616. The van der Waals surface area contributed by atoms with Gasteiger partial charge in [0.15, 0.2) is 0 Å². The van der Waals surface area contributed by atoms with E-state index in [1.54, 1.807) is 30.4 Å². The summed E-state index contributed by atoms with van der Waals surface area (Å²) >= 11 is 1.58. The molecule has 0 spiro atoms. The van der Waals surface area contributed by atoms with Gasteiger partial charge in [0.05, 0.1) is 15.6 Å². The molecule has 2 rings (SSSR count). The normalized spacial score (nSPS) is 10.5. The standard InChI is InChI=1S/C12H12N2O2S/c1-3-12-13-10(7-17-12)9-5-4-8(2)11(6-9)14(15)16/h4-7H,3H2,1-2H3. The second kappa shape index (κ2) is 4.63. The van der Waals surface area contributed by atoms with Crippen LogP contribution in [0.5, 0.6) is 0 Å². The van der Waals surface area contributed by atoms with E-state index in [0.717, 1.165) is 22.7 Å². The molecule has 0 saturated heterocycles. The van der Waals surface area contributed by atoms with Gasteiger partial charge in [-0.05, 0) is 13.3 Å². The lowest BCUT2D eigenvalue weighted by atomic mass is 10.1. The van der Waals surface area contributed by atoms with Gasteiger partial charge in [-0.25, -0.2) is 4.98 Å². The van der Waals surface area contributed by atoms with Gasteiger partial charge in [-0.15, -0.1) is 11.3 Å². The average Bonchev–Trinajstić information content (AvgIpc) is 2.78. The number of hydrogen-bond acceptors (Lipinski definition) is 4. The molecule has 0 radical (unpaired) electrons. The molecular weight excluding hydrogens is 236 g/mol. The van der Waals surface area contributed by atoms with Crippen LogP contribution in [-0.4, -0.2) is 9.91 Å². The molecule has 0 aliphatic rings. The van der Waals surface area contributed by atoms with Crippen LogP contribution >= 0.6 is 11.3 Å². The van der Waals surface area contributed by atoms with Crippen molar-refractivity contribution in [2.24, 2.45) is 0 Å². The Morgan fingerprint density at radius 3 is 2.82 bits per heavy atom. The maximum Gasteiger partial charge on any atom is 0.272 e. The Morgan fingerprint density at radius 1 is 1.47 bits per heavy atom. The highest BCUT2D eigenvalue weighted by Crippen LogP contribution is 2.27. The van der Waals surface area contributed by atoms with Crippen LogP contribution in [0.25, 0.3) is 11.3 Å². The molecule has 0 amide bonds. The van der Waals surface area contributed by atoms with Crippen molar-refractivity contribution in [3.8, 4) is 11.3 Å². The molecule has 88 valence electrons. The van der Waals surface area contributed by atoms with Crippen LogP contribution in [0.4, 0.5) is 5.69 Å². The van der Waals surface area contributed by atoms with E-state index in [0.29, 0.717) is 5.56 Å². The van der Waals surface area contributed by atoms with E-state index in [1.807, 2.05) is 18.4 Å². The van der Waals surface area contributed by atoms with E-state index in [9.17, 15) is 10.1 Å². The van der Waals surface area contributed by atoms with Gasteiger partial charge in [-0.3, -0.25) is 10.1 Å². The molecule has 0 bridgehead atoms. The largest absolute Gasteiger partial charge is 0.272 e. The molecule has 17 heavy (non-hydrogen) atoms. The molecule has 0 saturated carbocycles. The van der Waals surface area contributed by atoms with Gasteiger partial charge in [0, 0.05) is 22.6 Å². The van der Waals surface area contributed by atoms with Gasteiger partial charge in [0.25, 0.3) is 5.69 Å². The summed E-state index contributed by atoms with van der Waals surface area (Å²) < 4.78 is 0. The van der Waals surface area contributed by atoms with Gasteiger partial charge >= 0.3 is 0 Å². The van der Waals surface area contributed by atoms with E-state index >= 15 is 0 Å². The van der Waals surface area contributed by atoms with E-state index in [2.05, 4.69) is 4.98 Å². The maximum absolute atomic E-state index is 10.9. The summed E-state index contributed by atoms with van der Waals surface area (Å²) in [6, 6.07) is 5.22. The highest BCUT2D eigenvalue weighted by atomic mass is 32.1. The van der Waals surface area contributed by atoms with Crippen molar-refractivity contribution in [3.63, 3.8) is 0 Å². The zero-order chi connectivity index (χ0) is 12.4. The number of nitro benzene ring substituents is 1. The van der Waals surface area contributed by atoms with Crippen LogP contribution < -0.4 is 0 Å². The molecule has 0 atom stereocenters. The SMILES string of the molecule is CCc1nc(-c2ccc(C)c([N+](=O)[O-])c2)cs1. The van der Waals surface area contributed by atoms with Gasteiger partial charge in [-0.2, -0.15) is 0 Å². The predicted octanol–water partition coefficient (Wildman–Crippen LogP) is 3.59. The number of aromatic nitrogens is 1. The molecule has 1 aromatic carbocycles. The molecule has 1 heterocycles. The molecule has 0 unspecified atom stereocenters. The van der Waals surface area contributed by atoms with Gasteiger partial charge in [-0.1, -0.05) is 19.1 Å². The second-order valence-electron chi connectivity index (χ2n) is 3.74. The maximum atomic E-state index is 10.9. The third kappa shape index (κ3) is 2.34. The Balaban J connectivity index is 2.46. The minimum atomic E-state index is -0.355. The Kier molecular flexibility index (Phi) is 3.19. The number of benzene rings is 1. The fraction of sp³-hybridized carbons (Fsp3) is 0.250. The number of aryl methyl sites for hydroxylation is 2. The highest BCUT2D eigenvalue weighted by molar-refractivity contribution is 7.09. The van der Waals surface area contributed by atoms with Crippen molar-refractivity contribution in [3.05, 3.63) is 44.3 Å². The van der Waals surface area contributed by atoms with Crippen LogP contribution in [-0.2, 0) is 6.42 Å². The van der Waals surface area contributed by atoms with Crippen LogP contribution in [0.2, 0.25) is 0 Å². The molecule has 1 aromatic heterocycles. The van der Waals surface area contributed by atoms with Crippen LogP contribution in [0.3, 0.4) is 0 Å². The topological polar surface area (TPSA) is 56.0 Å². The predicted molar refractivity (Wildman–Crippen MR) is 68.3 cm³/mol. The molecule has 0 aliphatic heterocycles. The number of nitrogens with zero attached hydrogens (tertiary/aromatic N) is 2. The van der Waals surface area contributed by atoms with E-state index in [-0.39, 0.29) is 10.6 Å². The zero-order valence-electron chi connectivity index (χ0n) is 9.64. The first-order chi connectivity index (χ1) is 8.11. The third-order valence-electron chi connectivity index (χ3n) is 2.56. The first-order valence-electron chi connectivity index (χ1n) is 5.31. The van der Waals surface area contributed by atoms with Crippen molar-refractivity contribution in [2.45, 2.75) is 20.3 Å². The van der Waals surface area contributed by atoms with Crippen LogP contribution in [0, 0.1) is 17.0 Å². The molecule has 5 heteroatoms. The summed E-state index contributed by atoms with van der Waals surface area (Å²) in [7, 11) is 0. The van der Waals surface area contributed by atoms with Gasteiger partial charge in [0.2, 0.25) is 0 Å². The minimum absolute atomic E-state index is 0.147. The molecule has 0 aliphatic carbocycles. The summed E-state index contributed by atoms with van der Waals surface area (Å²) in [6.45, 7) is 3.78. The summed E-state index contributed by atoms with van der Waals surface area (Å²) in [5.41, 5.74) is 2.44. The highest BCUT2D eigenvalue weighted by Gasteiger charge is 2.13. The Labute approximate surface area is 103 Å². The lowest BCUT2D eigenvalue weighted by molar-refractivity contribution is -0.385. The summed E-state index contributed by atoms with van der Waals surface area (Å²) in [4.78, 5) is 14.9. The molecular formula is C12H12N2O2S. The lowest BCUT2D eigenvalue weighted by Crippen LogP contribution is -1.92. The smallest absolute Gasteiger partial charge is 0.258 e. The van der Waals surface area contributed by atoms with Crippen molar-refractivity contribution in [2.75, 3.05) is 0 Å². The van der Waals surface area contributed by atoms with Gasteiger partial charge in [0.1, 0.15) is 0 Å². The average molecular weight is 248 g/mol. The summed E-state index contributed by atoms with van der Waals surface area (Å²) in [5.74, 6) is 0. The minimum Gasteiger partial charge on any atom is -0.258 e. The monoisotopic (exact) mass is 248 g/mol. The van der Waals surface area contributed by atoms with Gasteiger partial charge < -0.3 is 0 Å². The number of rotatable bonds is 3. The molecule has 0 N–H and O–H groups in total. The first kappa shape index (κ1) is 11.7. The number of hydrogen-bond donors (Lipinski definition) is 0.